The molecule has 0 aliphatic heterocycles. The lowest BCUT2D eigenvalue weighted by Gasteiger charge is -2.26. The summed E-state index contributed by atoms with van der Waals surface area (Å²) in [4.78, 5) is 23.2. The van der Waals surface area contributed by atoms with Crippen molar-refractivity contribution in [2.45, 2.75) is 87.0 Å². The van der Waals surface area contributed by atoms with Gasteiger partial charge in [0.1, 0.15) is 56.3 Å². The van der Waals surface area contributed by atoms with Crippen molar-refractivity contribution in [3.05, 3.63) is 476 Å². The first kappa shape index (κ1) is 101. The molecule has 22 rings (SSSR count). The normalized spacial score (nSPS) is 11.0. The van der Waals surface area contributed by atoms with E-state index >= 15 is 0 Å². The molecule has 0 aliphatic rings. The van der Waals surface area contributed by atoms with Crippen LogP contribution in [0.15, 0.2) is 437 Å². The van der Waals surface area contributed by atoms with E-state index in [0.717, 1.165) is 212 Å². The Balaban J connectivity index is 0.000000121. The van der Waals surface area contributed by atoms with Gasteiger partial charge in [0.25, 0.3) is 0 Å². The zero-order valence-corrected chi connectivity index (χ0v) is 89.0. The van der Waals surface area contributed by atoms with E-state index in [1.54, 1.807) is 0 Å². The molecule has 5 radical (unpaired) electrons. The van der Waals surface area contributed by atoms with Crippen molar-refractivity contribution in [3.63, 3.8) is 0 Å². The summed E-state index contributed by atoms with van der Waals surface area (Å²) in [5.74, 6) is 8.02. The Morgan fingerprint density at radius 3 is 0.815 bits per heavy atom. The minimum Gasteiger partial charge on any atom is -0.616 e. The molecule has 146 heavy (non-hydrogen) atoms. The van der Waals surface area contributed by atoms with Gasteiger partial charge in [-0.25, -0.2) is 24.9 Å². The maximum atomic E-state index is 6.58. The van der Waals surface area contributed by atoms with Gasteiger partial charge in [-0.3, -0.25) is 0 Å². The van der Waals surface area contributed by atoms with Gasteiger partial charge in [-0.2, -0.15) is 0 Å². The van der Waals surface area contributed by atoms with Crippen LogP contribution in [0, 0.1) is 34.6 Å². The van der Waals surface area contributed by atoms with Gasteiger partial charge in [0.15, 0.2) is 0 Å². The summed E-state index contributed by atoms with van der Waals surface area (Å²) >= 11 is -3.66. The molecule has 0 fully saturated rings. The third-order valence-electron chi connectivity index (χ3n) is 24.5. The molecule has 22 aromatic rings. The molecule has 0 amide bonds. The Bertz CT molecular complexity index is 8120. The number of nitrogens with zero attached hydrogens (tertiary/aromatic N) is 5. The van der Waals surface area contributed by atoms with Crippen LogP contribution in [0.1, 0.15) is 81.1 Å². The second-order valence-electron chi connectivity index (χ2n) is 37.2. The second-order valence-corrected chi connectivity index (χ2v) is 40.5. The smallest absolute Gasteiger partial charge is 0.616 e. The van der Waals surface area contributed by atoms with E-state index in [-0.39, 0.29) is 10.8 Å². The van der Waals surface area contributed by atoms with Gasteiger partial charge in [0.2, 0.25) is 0 Å². The Morgan fingerprint density at radius 1 is 0.178 bits per heavy atom. The predicted molar refractivity (Wildman–Crippen MR) is 599 cm³/mol. The van der Waals surface area contributed by atoms with Crippen molar-refractivity contribution in [1.82, 2.24) is 24.9 Å². The van der Waals surface area contributed by atoms with Gasteiger partial charge in [0.05, 0.1) is 28.7 Å². The van der Waals surface area contributed by atoms with E-state index in [9.17, 15) is 0 Å². The number of aromatic nitrogens is 5. The first-order valence-electron chi connectivity index (χ1n) is 48.5. The van der Waals surface area contributed by atoms with Crippen molar-refractivity contribution in [3.8, 4) is 113 Å². The zero-order chi connectivity index (χ0) is 101. The summed E-state index contributed by atoms with van der Waals surface area (Å²) in [6, 6.07) is 148. The molecule has 0 N–H and O–H groups in total. The van der Waals surface area contributed by atoms with Crippen LogP contribution in [0.4, 0.5) is 0 Å². The van der Waals surface area contributed by atoms with Crippen molar-refractivity contribution < 1.29 is 37.9 Å². The molecule has 0 unspecified atom stereocenters. The highest BCUT2D eigenvalue weighted by Gasteiger charge is 2.26. The van der Waals surface area contributed by atoms with Crippen LogP contribution in [0.2, 0.25) is 0 Å². The van der Waals surface area contributed by atoms with Crippen molar-refractivity contribution in [2.75, 3.05) is 0 Å². The summed E-state index contributed by atoms with van der Waals surface area (Å²) in [6.45, 7) is 23.3. The fourth-order valence-corrected chi connectivity index (χ4v) is 20.1. The SMILES string of the molecule is Cc1ccc2cccc([O][Al][O]c3c(-c4ccccc4)cc(-c4ccccc4)cc3-c3ccccc3)c2n1.Cc1ccc2cccc([O][Al][O]c3c(-c4ccccc4)cccc3-c3ccccc3)c2n1.Cc1ccc2cccc([O][Al][O]c3cc(C(C)(C)C)cc(C(C)(C)C)c3)c2n1.Cc1ccc2cccc([O][Al][O]c3ccc4ccccc4c3)c2n1.Cc1ccc2cccc([O][Al][O]c3cccc4ccccc34)c2n1. The Morgan fingerprint density at radius 2 is 0.445 bits per heavy atom. The number of hydrogen-bond acceptors (Lipinski definition) is 15. The number of hydrogen-bond donors (Lipinski definition) is 0. The number of pyridine rings is 5. The molecular formula is C126H105Al5N5O10. The number of benzene rings is 17. The molecular weight excluding hydrogens is 1880 g/mol. The minimum atomic E-state index is -0.850. The van der Waals surface area contributed by atoms with Crippen LogP contribution in [-0.2, 0) is 10.8 Å². The maximum Gasteiger partial charge on any atom is 0.881 e. The maximum absolute atomic E-state index is 6.58. The van der Waals surface area contributed by atoms with Crippen LogP contribution < -0.4 is 37.9 Å². The van der Waals surface area contributed by atoms with Gasteiger partial charge in [-0.15, -0.1) is 0 Å². The minimum absolute atomic E-state index is 0.0621. The highest BCUT2D eigenvalue weighted by Crippen LogP contribution is 2.45. The predicted octanol–water partition coefficient (Wildman–Crippen LogP) is 30.9. The third kappa shape index (κ3) is 26.0. The van der Waals surface area contributed by atoms with Crippen LogP contribution >= 0.6 is 0 Å². The average Bonchev–Trinajstić information content (AvgIpc) is 0.773. The van der Waals surface area contributed by atoms with E-state index in [0.29, 0.717) is 0 Å². The zero-order valence-electron chi connectivity index (χ0n) is 83.3. The van der Waals surface area contributed by atoms with Gasteiger partial charge in [-0.1, -0.05) is 375 Å². The molecule has 0 saturated heterocycles. The fraction of sp³-hybridized carbons (Fsp3) is 0.103. The number of rotatable bonds is 25. The molecule has 0 spiro atoms. The van der Waals surface area contributed by atoms with Crippen molar-refractivity contribution in [1.29, 1.82) is 0 Å². The first-order chi connectivity index (χ1) is 71.2. The Labute approximate surface area is 887 Å². The Hall–Kier alpha value is -15.0. The summed E-state index contributed by atoms with van der Waals surface area (Å²) in [5, 5.41) is 9.96. The van der Waals surface area contributed by atoms with Gasteiger partial charge in [-0.05, 0) is 209 Å². The largest absolute Gasteiger partial charge is 0.881 e. The van der Waals surface area contributed by atoms with Crippen molar-refractivity contribution in [2.24, 2.45) is 0 Å². The highest BCUT2D eigenvalue weighted by molar-refractivity contribution is 6.24. The van der Waals surface area contributed by atoms with E-state index in [4.69, 9.17) is 42.9 Å². The number of para-hydroxylation sites is 6. The molecule has 0 aliphatic carbocycles. The fourth-order valence-electron chi connectivity index (χ4n) is 16.8. The third-order valence-corrected chi connectivity index (χ3v) is 28.0. The van der Waals surface area contributed by atoms with Gasteiger partial charge >= 0.3 is 79.4 Å². The molecule has 5 aromatic heterocycles. The van der Waals surface area contributed by atoms with E-state index in [1.165, 1.54) is 16.5 Å². The van der Waals surface area contributed by atoms with Crippen molar-refractivity contribution >= 4 is 155 Å². The lowest BCUT2D eigenvalue weighted by Crippen LogP contribution is -2.18. The summed E-state index contributed by atoms with van der Waals surface area (Å²) in [6.07, 6.45) is 0. The van der Waals surface area contributed by atoms with Crippen LogP contribution in [0.5, 0.6) is 57.5 Å². The average molecular weight is 1980 g/mol. The molecule has 15 nitrogen and oxygen atoms in total. The monoisotopic (exact) mass is 1980 g/mol. The van der Waals surface area contributed by atoms with Gasteiger partial charge in [0, 0.05) is 83.0 Å². The van der Waals surface area contributed by atoms with E-state index < -0.39 is 79.4 Å². The molecule has 5 heterocycles. The molecule has 0 atom stereocenters. The van der Waals surface area contributed by atoms with E-state index in [1.807, 2.05) is 259 Å². The molecule has 709 valence electrons. The lowest BCUT2D eigenvalue weighted by molar-refractivity contribution is 0.457. The first-order valence-corrected chi connectivity index (χ1v) is 53.2. The van der Waals surface area contributed by atoms with Crippen LogP contribution in [0.3, 0.4) is 0 Å². The summed E-state index contributed by atoms with van der Waals surface area (Å²) < 4.78 is 61.1. The summed E-state index contributed by atoms with van der Waals surface area (Å²) in [7, 11) is 0. The van der Waals surface area contributed by atoms with Gasteiger partial charge < -0.3 is 37.9 Å². The molecule has 20 heteroatoms. The second kappa shape index (κ2) is 48.1. The summed E-state index contributed by atoms with van der Waals surface area (Å²) in [5.41, 5.74) is 22.8. The molecule has 0 saturated carbocycles. The molecule has 0 bridgehead atoms. The standard InChI is InChI=1S/C24H18O.C18H14O.C14H22O.5C10H9NO.2C10H8O.5Al/c25-24-22(19-12-6-2-7-13-19)16-21(18-10-4-1-5-11-18)17-23(24)20-14-8-3-9-15-20;19-18-16(14-8-3-1-4-9-14)12-7-13-17(18)15-10-5-2-6-11-15;1-13(2,3)10-7-11(14(4,5)6)9-12(15)8-10;5*1-7-5-6-8-3-2-4-9(12)10(8)11-7;11-10-7-3-5-8-4-1-2-6-9(8)10;11-10-6-5-8-3-1-2-4-9(8)7-10;;;;;/h1-17,25H;1-13,19H;7-9,15H,1-6H3;5*2-6,12H,1H3;2*1-7,11H;;;;;/q;;;;;;;;;;5*+2/p-10. The lowest BCUT2D eigenvalue weighted by atomic mass is 9.80. The number of aryl methyl sites for hydroxylation is 5. The Kier molecular flexibility index (Phi) is 33.3. The topological polar surface area (TPSA) is 157 Å². The highest BCUT2D eigenvalue weighted by atomic mass is 27.2. The number of fused-ring (bicyclic) bond motifs is 7. The quantitative estimate of drug-likeness (QED) is 0.0498. The van der Waals surface area contributed by atoms with Crippen LogP contribution in [0.25, 0.3) is 132 Å². The molecule has 17 aromatic carbocycles. The van der Waals surface area contributed by atoms with E-state index in [2.05, 4.69) is 274 Å². The van der Waals surface area contributed by atoms with Crippen LogP contribution in [-0.4, -0.2) is 104 Å².